The third-order valence-corrected chi connectivity index (χ3v) is 8.13. The summed E-state index contributed by atoms with van der Waals surface area (Å²) in [6.45, 7) is 2.54. The molecule has 0 aromatic carbocycles. The van der Waals surface area contributed by atoms with Crippen molar-refractivity contribution in [3.8, 4) is 0 Å². The largest absolute Gasteiger partial charge is 0.136 e. The van der Waals surface area contributed by atoms with Gasteiger partial charge in [-0.3, -0.25) is 0 Å². The molecule has 1 saturated carbocycles. The van der Waals surface area contributed by atoms with Crippen LogP contribution in [0, 0.1) is 11.8 Å². The Kier molecular flexibility index (Phi) is 2.46. The molecule has 5 unspecified atom stereocenters. The lowest BCUT2D eigenvalue weighted by atomic mass is 9.94. The van der Waals surface area contributed by atoms with Gasteiger partial charge in [-0.1, -0.05) is 18.6 Å². The van der Waals surface area contributed by atoms with Gasteiger partial charge < -0.3 is 0 Å². The molecular weight excluding hydrogens is 206 g/mol. The van der Waals surface area contributed by atoms with Crippen molar-refractivity contribution in [2.24, 2.45) is 11.8 Å². The first-order valence-corrected chi connectivity index (χ1v) is 8.82. The SMILES string of the molecule is CP1CC2CCCC2C1c1ccc[pH]1. The van der Waals surface area contributed by atoms with E-state index in [-0.39, 0.29) is 0 Å². The third-order valence-electron chi connectivity index (χ3n) is 4.06. The van der Waals surface area contributed by atoms with E-state index >= 15 is 0 Å². The maximum atomic E-state index is 2.54. The van der Waals surface area contributed by atoms with E-state index in [1.165, 1.54) is 19.3 Å². The first-order chi connectivity index (χ1) is 6.86. The molecule has 0 N–H and O–H groups in total. The van der Waals surface area contributed by atoms with E-state index in [9.17, 15) is 0 Å². The van der Waals surface area contributed by atoms with Gasteiger partial charge in [-0.25, -0.2) is 0 Å². The highest BCUT2D eigenvalue weighted by atomic mass is 31.1. The summed E-state index contributed by atoms with van der Waals surface area (Å²) >= 11 is 0. The fraction of sp³-hybridized carbons (Fsp3) is 0.667. The van der Waals surface area contributed by atoms with Crippen LogP contribution in [0.1, 0.15) is 30.2 Å². The first kappa shape index (κ1) is 9.44. The number of hydrogen-bond donors (Lipinski definition) is 0. The van der Waals surface area contributed by atoms with Crippen molar-refractivity contribution >= 4 is 16.1 Å². The minimum atomic E-state index is 0.326. The smallest absolute Gasteiger partial charge is 0.0105 e. The molecule has 0 amide bonds. The van der Waals surface area contributed by atoms with Crippen molar-refractivity contribution < 1.29 is 0 Å². The zero-order valence-electron chi connectivity index (χ0n) is 8.74. The van der Waals surface area contributed by atoms with Gasteiger partial charge in [0.25, 0.3) is 0 Å². The van der Waals surface area contributed by atoms with Crippen molar-refractivity contribution in [3.63, 3.8) is 0 Å². The average Bonchev–Trinajstić information content (AvgIpc) is 2.78. The summed E-state index contributed by atoms with van der Waals surface area (Å²) in [5.41, 5.74) is 1.02. The average molecular weight is 224 g/mol. The number of hydrogen-bond acceptors (Lipinski definition) is 0. The lowest BCUT2D eigenvalue weighted by Gasteiger charge is -2.21. The van der Waals surface area contributed by atoms with Crippen molar-refractivity contribution in [1.82, 2.24) is 0 Å². The Balaban J connectivity index is 1.91. The lowest BCUT2D eigenvalue weighted by molar-refractivity contribution is 0.444. The number of rotatable bonds is 1. The van der Waals surface area contributed by atoms with E-state index in [0.717, 1.165) is 25.7 Å². The summed E-state index contributed by atoms with van der Waals surface area (Å²) in [5, 5.41) is 1.80. The number of fused-ring (bicyclic) bond motifs is 1. The monoisotopic (exact) mass is 224 g/mol. The molecule has 0 spiro atoms. The second-order valence-electron chi connectivity index (χ2n) is 4.86. The fourth-order valence-corrected chi connectivity index (χ4v) is 8.39. The summed E-state index contributed by atoms with van der Waals surface area (Å²) in [5.74, 6) is 4.56. The highest BCUT2D eigenvalue weighted by molar-refractivity contribution is 7.58. The molecule has 1 saturated heterocycles. The Bertz CT molecular complexity index is 304. The van der Waals surface area contributed by atoms with Gasteiger partial charge in [0.15, 0.2) is 0 Å². The molecule has 14 heavy (non-hydrogen) atoms. The molecule has 3 rings (SSSR count). The lowest BCUT2D eigenvalue weighted by Crippen LogP contribution is -2.06. The standard InChI is InChI=1S/C12H18P2/c1-14-8-9-4-2-5-10(9)12(14)11-6-3-7-13-11/h3,6-7,9-10,12-13H,2,4-5,8H2,1H3. The topological polar surface area (TPSA) is 0 Å². The van der Waals surface area contributed by atoms with Crippen LogP contribution >= 0.6 is 16.1 Å². The predicted octanol–water partition coefficient (Wildman–Crippen LogP) is 4.30. The van der Waals surface area contributed by atoms with Crippen LogP contribution in [0.2, 0.25) is 0 Å². The summed E-state index contributed by atoms with van der Waals surface area (Å²) in [6.07, 6.45) is 6.16. The first-order valence-electron chi connectivity index (χ1n) is 5.70. The van der Waals surface area contributed by atoms with Crippen LogP contribution in [0.3, 0.4) is 0 Å². The van der Waals surface area contributed by atoms with Gasteiger partial charge in [0.05, 0.1) is 0 Å². The van der Waals surface area contributed by atoms with Crippen LogP contribution in [0.4, 0.5) is 0 Å². The molecule has 2 fully saturated rings. The van der Waals surface area contributed by atoms with Crippen LogP contribution in [-0.4, -0.2) is 12.8 Å². The molecule has 1 aliphatic carbocycles. The van der Waals surface area contributed by atoms with E-state index in [1.54, 1.807) is 11.5 Å². The molecule has 2 heteroatoms. The van der Waals surface area contributed by atoms with E-state index < -0.39 is 0 Å². The van der Waals surface area contributed by atoms with Crippen molar-refractivity contribution in [2.45, 2.75) is 24.9 Å². The molecule has 1 aliphatic heterocycles. The fourth-order valence-electron chi connectivity index (χ4n) is 3.51. The maximum absolute atomic E-state index is 2.54. The minimum Gasteiger partial charge on any atom is -0.136 e. The highest BCUT2D eigenvalue weighted by Crippen LogP contribution is 2.66. The summed E-state index contributed by atoms with van der Waals surface area (Å²) < 4.78 is 0. The molecule has 76 valence electrons. The zero-order valence-corrected chi connectivity index (χ0v) is 10.6. The molecular formula is C12H18P2. The second kappa shape index (κ2) is 3.66. The molecule has 1 aromatic heterocycles. The summed E-state index contributed by atoms with van der Waals surface area (Å²) in [6, 6.07) is 4.70. The summed E-state index contributed by atoms with van der Waals surface area (Å²) in [4.78, 5) is 0. The maximum Gasteiger partial charge on any atom is 0.0105 e. The molecule has 2 heterocycles. The normalized spacial score (nSPS) is 42.1. The van der Waals surface area contributed by atoms with Crippen molar-refractivity contribution in [2.75, 3.05) is 12.8 Å². The Hall–Kier alpha value is 0.210. The van der Waals surface area contributed by atoms with E-state index in [0.29, 0.717) is 7.92 Å². The third kappa shape index (κ3) is 1.39. The molecule has 1 aromatic rings. The van der Waals surface area contributed by atoms with E-state index in [4.69, 9.17) is 0 Å². The summed E-state index contributed by atoms with van der Waals surface area (Å²) in [7, 11) is 1.35. The van der Waals surface area contributed by atoms with E-state index in [1.807, 2.05) is 0 Å². The Labute approximate surface area is 89.3 Å². The van der Waals surface area contributed by atoms with Gasteiger partial charge in [-0.05, 0) is 48.6 Å². The minimum absolute atomic E-state index is 0.326. The van der Waals surface area contributed by atoms with Gasteiger partial charge in [-0.15, -0.1) is 16.1 Å². The van der Waals surface area contributed by atoms with E-state index in [2.05, 4.69) is 24.6 Å². The quantitative estimate of drug-likeness (QED) is 0.624. The van der Waals surface area contributed by atoms with Crippen molar-refractivity contribution in [3.05, 3.63) is 23.2 Å². The molecule has 0 bridgehead atoms. The van der Waals surface area contributed by atoms with Crippen LogP contribution in [0.5, 0.6) is 0 Å². The van der Waals surface area contributed by atoms with Gasteiger partial charge in [0, 0.05) is 5.66 Å². The van der Waals surface area contributed by atoms with Crippen LogP contribution < -0.4 is 0 Å². The Morgan fingerprint density at radius 3 is 3.14 bits per heavy atom. The van der Waals surface area contributed by atoms with Crippen LogP contribution in [0.15, 0.2) is 17.9 Å². The predicted molar refractivity (Wildman–Crippen MR) is 67.2 cm³/mol. The second-order valence-corrected chi connectivity index (χ2v) is 8.50. The molecule has 2 aliphatic rings. The zero-order chi connectivity index (χ0) is 9.54. The Morgan fingerprint density at radius 1 is 1.43 bits per heavy atom. The van der Waals surface area contributed by atoms with Gasteiger partial charge in [0.1, 0.15) is 0 Å². The van der Waals surface area contributed by atoms with Gasteiger partial charge >= 0.3 is 0 Å². The van der Waals surface area contributed by atoms with Gasteiger partial charge in [-0.2, -0.15) is 0 Å². The van der Waals surface area contributed by atoms with Crippen LogP contribution in [0.25, 0.3) is 0 Å². The Morgan fingerprint density at radius 2 is 2.36 bits per heavy atom. The van der Waals surface area contributed by atoms with Crippen LogP contribution in [-0.2, 0) is 0 Å². The van der Waals surface area contributed by atoms with Crippen molar-refractivity contribution in [1.29, 1.82) is 0 Å². The highest BCUT2D eigenvalue weighted by Gasteiger charge is 2.43. The van der Waals surface area contributed by atoms with Gasteiger partial charge in [0.2, 0.25) is 0 Å². The molecule has 0 nitrogen and oxygen atoms in total. The molecule has 0 radical (unpaired) electrons. The molecule has 5 atom stereocenters.